The second kappa shape index (κ2) is 5.50. The highest BCUT2D eigenvalue weighted by Gasteiger charge is 2.63. The molecule has 4 fully saturated rings. The second-order valence-electron chi connectivity index (χ2n) is 7.75. The van der Waals surface area contributed by atoms with Gasteiger partial charge in [-0.1, -0.05) is 0 Å². The van der Waals surface area contributed by atoms with Gasteiger partial charge < -0.3 is 10.4 Å². The SMILES string of the molecule is O=C(O)[C@@H]1[C@@H](Nc2nc(Cl)nn3c(C(F)(F)F)ccc23)[C@@H]2CC[C@H]1C1CC12. The van der Waals surface area contributed by atoms with Crippen LogP contribution in [0.5, 0.6) is 0 Å². The van der Waals surface area contributed by atoms with Gasteiger partial charge in [-0.2, -0.15) is 18.2 Å². The molecular weight excluding hydrogens is 385 g/mol. The minimum atomic E-state index is -4.59. The predicted molar refractivity (Wildman–Crippen MR) is 89.3 cm³/mol. The fraction of sp³-hybridized carbons (Fsp3) is 0.588. The van der Waals surface area contributed by atoms with Gasteiger partial charge >= 0.3 is 12.1 Å². The molecule has 2 N–H and O–H groups in total. The molecule has 0 spiro atoms. The topological polar surface area (TPSA) is 79.5 Å². The van der Waals surface area contributed by atoms with Gasteiger partial charge in [0.25, 0.3) is 0 Å². The second-order valence-corrected chi connectivity index (χ2v) is 8.08. The van der Waals surface area contributed by atoms with Crippen LogP contribution in [0, 0.1) is 29.6 Å². The van der Waals surface area contributed by atoms with Gasteiger partial charge in [-0.25, -0.2) is 4.52 Å². The molecule has 2 bridgehead atoms. The Kier molecular flexibility index (Phi) is 3.48. The Bertz CT molecular complexity index is 946. The van der Waals surface area contributed by atoms with Crippen molar-refractivity contribution < 1.29 is 23.1 Å². The maximum Gasteiger partial charge on any atom is 0.433 e. The summed E-state index contributed by atoms with van der Waals surface area (Å²) in [5, 5.41) is 16.3. The first-order valence-electron chi connectivity index (χ1n) is 8.87. The minimum absolute atomic E-state index is 0.112. The number of anilines is 1. The number of carbonyl (C=O) groups is 1. The molecule has 0 saturated heterocycles. The summed E-state index contributed by atoms with van der Waals surface area (Å²) >= 11 is 5.87. The van der Waals surface area contributed by atoms with Gasteiger partial charge in [-0.3, -0.25) is 4.79 Å². The quantitative estimate of drug-likeness (QED) is 0.823. The average molecular weight is 401 g/mol. The number of fused-ring (bicyclic) bond motifs is 3. The van der Waals surface area contributed by atoms with Gasteiger partial charge in [-0.15, -0.1) is 5.10 Å². The highest BCUT2D eigenvalue weighted by Crippen LogP contribution is 2.64. The van der Waals surface area contributed by atoms with Crippen LogP contribution >= 0.6 is 11.6 Å². The molecule has 2 unspecified atom stereocenters. The van der Waals surface area contributed by atoms with E-state index in [1.165, 1.54) is 6.07 Å². The van der Waals surface area contributed by atoms with Crippen LogP contribution in [0.4, 0.5) is 19.0 Å². The van der Waals surface area contributed by atoms with E-state index in [4.69, 9.17) is 11.6 Å². The van der Waals surface area contributed by atoms with Gasteiger partial charge in [0.15, 0.2) is 5.82 Å². The first-order chi connectivity index (χ1) is 12.8. The van der Waals surface area contributed by atoms with Crippen molar-refractivity contribution in [2.24, 2.45) is 29.6 Å². The summed E-state index contributed by atoms with van der Waals surface area (Å²) < 4.78 is 40.3. The summed E-state index contributed by atoms with van der Waals surface area (Å²) in [6.45, 7) is 0. The summed E-state index contributed by atoms with van der Waals surface area (Å²) in [7, 11) is 0. The Morgan fingerprint density at radius 1 is 1.22 bits per heavy atom. The van der Waals surface area contributed by atoms with Crippen LogP contribution in [0.15, 0.2) is 12.1 Å². The molecule has 6 rings (SSSR count). The standard InChI is InChI=1S/C17H16ClF3N4O2/c18-16-23-14(10-3-4-11(17(19,20)21)25(10)24-16)22-13-7-2-1-6(8-5-9(7)8)12(13)15(26)27/h3-4,6-9,12-13H,1-2,5H2,(H,26,27)(H,22,23,24)/t6-,7+,8?,9?,12-,13-/m0/s1. The highest BCUT2D eigenvalue weighted by atomic mass is 35.5. The van der Waals surface area contributed by atoms with Crippen molar-refractivity contribution in [3.05, 3.63) is 23.1 Å². The Morgan fingerprint density at radius 2 is 1.93 bits per heavy atom. The Hall–Kier alpha value is -2.03. The van der Waals surface area contributed by atoms with Crippen LogP contribution in [-0.4, -0.2) is 31.7 Å². The fourth-order valence-electron chi connectivity index (χ4n) is 5.44. The number of nitrogens with one attached hydrogen (secondary N) is 1. The third-order valence-corrected chi connectivity index (χ3v) is 6.66. The van der Waals surface area contributed by atoms with Crippen LogP contribution in [0.1, 0.15) is 25.0 Å². The maximum atomic E-state index is 13.2. The molecule has 10 heteroatoms. The number of carboxylic acids is 1. The van der Waals surface area contributed by atoms with E-state index in [9.17, 15) is 23.1 Å². The normalized spacial score (nSPS) is 34.5. The number of aliphatic carboxylic acids is 1. The number of aromatic nitrogens is 3. The molecule has 0 aliphatic heterocycles. The molecule has 6 atom stereocenters. The Labute approximate surface area is 156 Å². The fourth-order valence-corrected chi connectivity index (χ4v) is 5.60. The van der Waals surface area contributed by atoms with Gasteiger partial charge in [0.1, 0.15) is 11.2 Å². The van der Waals surface area contributed by atoms with Crippen LogP contribution in [0.2, 0.25) is 5.28 Å². The van der Waals surface area contributed by atoms with Crippen LogP contribution in [0.25, 0.3) is 5.52 Å². The highest BCUT2D eigenvalue weighted by molar-refractivity contribution is 6.28. The van der Waals surface area contributed by atoms with Gasteiger partial charge in [0, 0.05) is 6.04 Å². The zero-order valence-electron chi connectivity index (χ0n) is 13.9. The van der Waals surface area contributed by atoms with E-state index in [0.717, 1.165) is 25.3 Å². The summed E-state index contributed by atoms with van der Waals surface area (Å²) in [6.07, 6.45) is -1.72. The lowest BCUT2D eigenvalue weighted by atomic mass is 9.61. The molecule has 27 heavy (non-hydrogen) atoms. The smallest absolute Gasteiger partial charge is 0.433 e. The lowest BCUT2D eigenvalue weighted by Crippen LogP contribution is -2.52. The molecule has 0 radical (unpaired) electrons. The number of hydrogen-bond acceptors (Lipinski definition) is 4. The van der Waals surface area contributed by atoms with Crippen molar-refractivity contribution in [1.29, 1.82) is 0 Å². The molecule has 144 valence electrons. The monoisotopic (exact) mass is 400 g/mol. The van der Waals surface area contributed by atoms with Crippen molar-refractivity contribution in [2.45, 2.75) is 31.5 Å². The number of hydrogen-bond donors (Lipinski definition) is 2. The first kappa shape index (κ1) is 17.1. The van der Waals surface area contributed by atoms with Crippen molar-refractivity contribution in [3.8, 4) is 0 Å². The number of carboxylic acid groups (broad SMARTS) is 1. The zero-order valence-corrected chi connectivity index (χ0v) is 14.7. The average Bonchev–Trinajstić information content (AvgIpc) is 3.28. The van der Waals surface area contributed by atoms with E-state index in [0.29, 0.717) is 16.4 Å². The van der Waals surface area contributed by atoms with E-state index in [1.807, 2.05) is 0 Å². The third-order valence-electron chi connectivity index (χ3n) is 6.50. The maximum absolute atomic E-state index is 13.2. The summed E-state index contributed by atoms with van der Waals surface area (Å²) in [5.74, 6) is -0.0162. The molecule has 6 nitrogen and oxygen atoms in total. The molecule has 4 aliphatic carbocycles. The van der Waals surface area contributed by atoms with E-state index < -0.39 is 23.8 Å². The van der Waals surface area contributed by atoms with E-state index >= 15 is 0 Å². The van der Waals surface area contributed by atoms with Crippen LogP contribution < -0.4 is 5.32 Å². The van der Waals surface area contributed by atoms with Crippen LogP contribution in [-0.2, 0) is 11.0 Å². The van der Waals surface area contributed by atoms with Crippen molar-refractivity contribution in [3.63, 3.8) is 0 Å². The molecule has 2 aromatic rings. The largest absolute Gasteiger partial charge is 0.481 e. The van der Waals surface area contributed by atoms with Crippen LogP contribution in [0.3, 0.4) is 0 Å². The molecular formula is C17H16ClF3N4O2. The lowest BCUT2D eigenvalue weighted by molar-refractivity contribution is -0.148. The van der Waals surface area contributed by atoms with Crippen molar-refractivity contribution >= 4 is 28.9 Å². The van der Waals surface area contributed by atoms with Gasteiger partial charge in [0.05, 0.1) is 5.92 Å². The lowest BCUT2D eigenvalue weighted by Gasteiger charge is -2.46. The first-order valence-corrected chi connectivity index (χ1v) is 9.25. The molecule has 2 heterocycles. The minimum Gasteiger partial charge on any atom is -0.481 e. The summed E-state index contributed by atoms with van der Waals surface area (Å²) in [6, 6.07) is 1.83. The van der Waals surface area contributed by atoms with Gasteiger partial charge in [-0.05, 0) is 66.7 Å². The van der Waals surface area contributed by atoms with Crippen molar-refractivity contribution in [1.82, 2.24) is 14.6 Å². The van der Waals surface area contributed by atoms with E-state index in [-0.39, 0.29) is 34.5 Å². The zero-order chi connectivity index (χ0) is 19.1. The van der Waals surface area contributed by atoms with Gasteiger partial charge in [0.2, 0.25) is 5.28 Å². The molecule has 4 aliphatic rings. The number of rotatable bonds is 3. The third kappa shape index (κ3) is 2.50. The number of alkyl halides is 3. The number of nitrogens with zero attached hydrogens (tertiary/aromatic N) is 3. The molecule has 0 aromatic carbocycles. The summed E-state index contributed by atoms with van der Waals surface area (Å²) in [5.41, 5.74) is -0.822. The van der Waals surface area contributed by atoms with Crippen molar-refractivity contribution in [2.75, 3.05) is 5.32 Å². The Balaban J connectivity index is 1.56. The molecule has 4 saturated carbocycles. The molecule has 2 aromatic heterocycles. The van der Waals surface area contributed by atoms with E-state index in [2.05, 4.69) is 15.4 Å². The van der Waals surface area contributed by atoms with E-state index in [1.54, 1.807) is 0 Å². The number of halogens is 4. The molecule has 0 amide bonds. The predicted octanol–water partition coefficient (Wildman–Crippen LogP) is 3.56. The Morgan fingerprint density at radius 3 is 2.63 bits per heavy atom. The summed E-state index contributed by atoms with van der Waals surface area (Å²) in [4.78, 5) is 16.0.